The van der Waals surface area contributed by atoms with Crippen LogP contribution in [-0.2, 0) is 0 Å². The molecule has 0 bridgehead atoms. The van der Waals surface area contributed by atoms with Gasteiger partial charge in [0.05, 0.1) is 13.2 Å². The van der Waals surface area contributed by atoms with Crippen molar-refractivity contribution in [2.75, 3.05) is 33.3 Å². The zero-order valence-electron chi connectivity index (χ0n) is 13.0. The number of aliphatic hydroxyl groups excluding tert-OH is 1. The van der Waals surface area contributed by atoms with Crippen LogP contribution in [-0.4, -0.2) is 49.3 Å². The molecule has 4 heteroatoms. The Labute approximate surface area is 127 Å². The van der Waals surface area contributed by atoms with Crippen molar-refractivity contribution in [1.29, 1.82) is 0 Å². The maximum Gasteiger partial charge on any atom is 0.119 e. The topological polar surface area (TPSA) is 44.7 Å². The molecule has 4 unspecified atom stereocenters. The predicted molar refractivity (Wildman–Crippen MR) is 83.5 cm³/mol. The molecule has 2 N–H and O–H groups in total. The van der Waals surface area contributed by atoms with Gasteiger partial charge in [-0.3, -0.25) is 4.90 Å². The highest BCUT2D eigenvalue weighted by molar-refractivity contribution is 5.30. The van der Waals surface area contributed by atoms with E-state index in [1.165, 1.54) is 0 Å². The van der Waals surface area contributed by atoms with Crippen LogP contribution in [0.15, 0.2) is 24.3 Å². The molecule has 1 aromatic carbocycles. The molecule has 0 aliphatic carbocycles. The highest BCUT2D eigenvalue weighted by atomic mass is 16.5. The molecule has 2 aliphatic heterocycles. The highest BCUT2D eigenvalue weighted by Gasteiger charge is 2.43. The third kappa shape index (κ3) is 2.93. The van der Waals surface area contributed by atoms with Gasteiger partial charge in [0.1, 0.15) is 5.75 Å². The van der Waals surface area contributed by atoms with E-state index >= 15 is 0 Å². The van der Waals surface area contributed by atoms with E-state index in [1.807, 2.05) is 24.3 Å². The number of nitrogens with zero attached hydrogens (tertiary/aromatic N) is 1. The minimum absolute atomic E-state index is 0.444. The minimum Gasteiger partial charge on any atom is -0.497 e. The molecular formula is C17H26N2O2. The number of hydrogen-bond donors (Lipinski definition) is 2. The van der Waals surface area contributed by atoms with Gasteiger partial charge < -0.3 is 15.2 Å². The van der Waals surface area contributed by atoms with Gasteiger partial charge in [-0.05, 0) is 49.0 Å². The van der Waals surface area contributed by atoms with Gasteiger partial charge >= 0.3 is 0 Å². The quantitative estimate of drug-likeness (QED) is 0.866. The van der Waals surface area contributed by atoms with Crippen molar-refractivity contribution in [2.45, 2.75) is 25.5 Å². The summed E-state index contributed by atoms with van der Waals surface area (Å²) in [7, 11) is 1.66. The number of fused-ring (bicyclic) bond motifs is 1. The van der Waals surface area contributed by atoms with E-state index in [2.05, 4.69) is 17.1 Å². The Morgan fingerprint density at radius 2 is 2.29 bits per heavy atom. The molecule has 21 heavy (non-hydrogen) atoms. The third-order valence-electron chi connectivity index (χ3n) is 5.13. The molecule has 116 valence electrons. The second-order valence-electron chi connectivity index (χ2n) is 6.30. The first kappa shape index (κ1) is 14.8. The Morgan fingerprint density at radius 3 is 3.05 bits per heavy atom. The molecular weight excluding hydrogens is 264 g/mol. The molecule has 4 nitrogen and oxygen atoms in total. The fraction of sp³-hybridized carbons (Fsp3) is 0.647. The first-order valence-corrected chi connectivity index (χ1v) is 7.99. The second kappa shape index (κ2) is 6.34. The molecule has 1 aromatic rings. The summed E-state index contributed by atoms with van der Waals surface area (Å²) < 4.78 is 5.24. The lowest BCUT2D eigenvalue weighted by Gasteiger charge is -2.29. The number of nitrogens with one attached hydrogen (secondary N) is 1. The third-order valence-corrected chi connectivity index (χ3v) is 5.13. The smallest absolute Gasteiger partial charge is 0.119 e. The van der Waals surface area contributed by atoms with E-state index in [0.29, 0.717) is 6.04 Å². The van der Waals surface area contributed by atoms with Crippen LogP contribution in [0.3, 0.4) is 0 Å². The summed E-state index contributed by atoms with van der Waals surface area (Å²) in [5, 5.41) is 14.1. The molecule has 2 fully saturated rings. The normalized spacial score (nSPS) is 30.3. The van der Waals surface area contributed by atoms with Crippen LogP contribution in [0, 0.1) is 11.8 Å². The van der Waals surface area contributed by atoms with E-state index in [1.54, 1.807) is 7.11 Å². The maximum atomic E-state index is 10.6. The standard InChI is InChI=1S/C17H26N2O2/c1-3-16-15-9-18-8-13(15)10-19(16)11-17(20)12-5-4-6-14(7-12)21-2/h4-7,13,15-18,20H,3,8-11H2,1-2H3. The van der Waals surface area contributed by atoms with Crippen molar-refractivity contribution in [2.24, 2.45) is 11.8 Å². The van der Waals surface area contributed by atoms with Crippen molar-refractivity contribution in [3.05, 3.63) is 29.8 Å². The Bertz CT molecular complexity index is 480. The van der Waals surface area contributed by atoms with Gasteiger partial charge in [0.25, 0.3) is 0 Å². The number of ether oxygens (including phenoxy) is 1. The number of rotatable bonds is 5. The SMILES string of the molecule is CCC1C2CNCC2CN1CC(O)c1cccc(OC)c1. The van der Waals surface area contributed by atoms with Gasteiger partial charge in [-0.25, -0.2) is 0 Å². The second-order valence-corrected chi connectivity index (χ2v) is 6.30. The van der Waals surface area contributed by atoms with E-state index in [-0.39, 0.29) is 0 Å². The van der Waals surface area contributed by atoms with Gasteiger partial charge in [-0.15, -0.1) is 0 Å². The molecule has 0 aromatic heterocycles. The Hall–Kier alpha value is -1.10. The lowest BCUT2D eigenvalue weighted by Crippen LogP contribution is -2.37. The molecule has 2 aliphatic rings. The summed E-state index contributed by atoms with van der Waals surface area (Å²) in [5.41, 5.74) is 0.944. The van der Waals surface area contributed by atoms with E-state index < -0.39 is 6.10 Å². The monoisotopic (exact) mass is 290 g/mol. The van der Waals surface area contributed by atoms with Gasteiger partial charge in [0.15, 0.2) is 0 Å². The van der Waals surface area contributed by atoms with Crippen LogP contribution in [0.2, 0.25) is 0 Å². The first-order valence-electron chi connectivity index (χ1n) is 7.99. The summed E-state index contributed by atoms with van der Waals surface area (Å²) in [6.45, 7) is 6.36. The Morgan fingerprint density at radius 1 is 1.43 bits per heavy atom. The Kier molecular flexibility index (Phi) is 4.48. The maximum absolute atomic E-state index is 10.6. The van der Waals surface area contributed by atoms with Crippen LogP contribution in [0.1, 0.15) is 25.0 Å². The number of aliphatic hydroxyl groups is 1. The molecule has 2 saturated heterocycles. The van der Waals surface area contributed by atoms with Crippen LogP contribution in [0.25, 0.3) is 0 Å². The van der Waals surface area contributed by atoms with Crippen molar-refractivity contribution in [1.82, 2.24) is 10.2 Å². The molecule has 0 saturated carbocycles. The average Bonchev–Trinajstić information content (AvgIpc) is 3.07. The van der Waals surface area contributed by atoms with Gasteiger partial charge in [0, 0.05) is 19.1 Å². The summed E-state index contributed by atoms with van der Waals surface area (Å²) in [5.74, 6) is 2.32. The van der Waals surface area contributed by atoms with Crippen molar-refractivity contribution >= 4 is 0 Å². The Balaban J connectivity index is 1.67. The zero-order chi connectivity index (χ0) is 14.8. The molecule has 0 amide bonds. The lowest BCUT2D eigenvalue weighted by atomic mass is 9.93. The average molecular weight is 290 g/mol. The van der Waals surface area contributed by atoms with Crippen LogP contribution >= 0.6 is 0 Å². The van der Waals surface area contributed by atoms with Crippen molar-refractivity contribution in [3.8, 4) is 5.75 Å². The van der Waals surface area contributed by atoms with E-state index in [9.17, 15) is 5.11 Å². The predicted octanol–water partition coefficient (Wildman–Crippen LogP) is 1.66. The highest BCUT2D eigenvalue weighted by Crippen LogP contribution is 2.35. The zero-order valence-corrected chi connectivity index (χ0v) is 13.0. The van der Waals surface area contributed by atoms with Gasteiger partial charge in [0.2, 0.25) is 0 Å². The molecule has 3 rings (SSSR count). The van der Waals surface area contributed by atoms with Crippen LogP contribution in [0.5, 0.6) is 5.75 Å². The summed E-state index contributed by atoms with van der Waals surface area (Å²) in [6.07, 6.45) is 0.717. The number of likely N-dealkylation sites (tertiary alicyclic amines) is 1. The van der Waals surface area contributed by atoms with Crippen molar-refractivity contribution in [3.63, 3.8) is 0 Å². The minimum atomic E-state index is -0.444. The molecule has 0 radical (unpaired) electrons. The summed E-state index contributed by atoms with van der Waals surface area (Å²) in [6, 6.07) is 8.37. The number of β-amino-alcohol motifs (C(OH)–C–C–N with tert-alkyl or cyclic N) is 1. The number of hydrogen-bond acceptors (Lipinski definition) is 4. The number of methoxy groups -OCH3 is 1. The number of benzene rings is 1. The molecule has 4 atom stereocenters. The molecule has 2 heterocycles. The summed E-state index contributed by atoms with van der Waals surface area (Å²) in [4.78, 5) is 2.49. The summed E-state index contributed by atoms with van der Waals surface area (Å²) >= 11 is 0. The van der Waals surface area contributed by atoms with Crippen molar-refractivity contribution < 1.29 is 9.84 Å². The lowest BCUT2D eigenvalue weighted by molar-refractivity contribution is 0.0971. The fourth-order valence-corrected chi connectivity index (χ4v) is 4.06. The van der Waals surface area contributed by atoms with E-state index in [0.717, 1.165) is 55.7 Å². The van der Waals surface area contributed by atoms with Gasteiger partial charge in [-0.1, -0.05) is 19.1 Å². The fourth-order valence-electron chi connectivity index (χ4n) is 4.06. The van der Waals surface area contributed by atoms with Gasteiger partial charge in [-0.2, -0.15) is 0 Å². The largest absolute Gasteiger partial charge is 0.497 e. The first-order chi connectivity index (χ1) is 10.2. The van der Waals surface area contributed by atoms with Crippen LogP contribution in [0.4, 0.5) is 0 Å². The van der Waals surface area contributed by atoms with Crippen LogP contribution < -0.4 is 10.1 Å². The molecule has 0 spiro atoms. The van der Waals surface area contributed by atoms with E-state index in [4.69, 9.17) is 4.74 Å².